The van der Waals surface area contributed by atoms with Gasteiger partial charge in [-0.25, -0.2) is 0 Å². The molecule has 0 atom stereocenters. The number of rotatable bonds is 4. The Hall–Kier alpha value is -3.34. The Morgan fingerprint density at radius 2 is 1.11 bits per heavy atom. The van der Waals surface area contributed by atoms with Crippen molar-refractivity contribution in [3.63, 3.8) is 0 Å². The van der Waals surface area contributed by atoms with Crippen LogP contribution < -0.4 is 10.6 Å². The lowest BCUT2D eigenvalue weighted by atomic mass is 10.1. The van der Waals surface area contributed by atoms with Gasteiger partial charge in [0.2, 0.25) is 0 Å². The zero-order valence-electron chi connectivity index (χ0n) is 14.9. The summed E-state index contributed by atoms with van der Waals surface area (Å²) in [5, 5.41) is 6.64. The van der Waals surface area contributed by atoms with E-state index in [0.29, 0.717) is 0 Å². The Kier molecular flexibility index (Phi) is 3.98. The smallest absolute Gasteiger partial charge is 0.134 e. The molecule has 0 bridgehead atoms. The minimum Gasteiger partial charge on any atom is -0.456 e. The minimum atomic E-state index is 0.834. The van der Waals surface area contributed by atoms with Crippen LogP contribution in [-0.2, 0) is 0 Å². The van der Waals surface area contributed by atoms with Gasteiger partial charge in [-0.05, 0) is 24.3 Å². The van der Waals surface area contributed by atoms with Crippen LogP contribution in [0.1, 0.15) is 11.1 Å². The molecule has 0 unspecified atom stereocenters. The number of hydrogen-bond donors (Lipinski definition) is 2. The predicted octanol–water partition coefficient (Wildman–Crippen LogP) is 3.31. The normalized spacial score (nSPS) is 15.9. The average molecular weight is 356 g/mol. The maximum Gasteiger partial charge on any atom is 0.134 e. The highest BCUT2D eigenvalue weighted by Crippen LogP contribution is 2.29. The highest BCUT2D eigenvalue weighted by Gasteiger charge is 2.13. The summed E-state index contributed by atoms with van der Waals surface area (Å²) in [4.78, 5) is 9.00. The highest BCUT2D eigenvalue weighted by molar-refractivity contribution is 6.01. The topological polar surface area (TPSA) is 61.9 Å². The molecule has 0 saturated heterocycles. The lowest BCUT2D eigenvalue weighted by Crippen LogP contribution is -2.19. The molecule has 0 saturated carbocycles. The third-order valence-electron chi connectivity index (χ3n) is 4.80. The summed E-state index contributed by atoms with van der Waals surface area (Å²) in [5.74, 6) is 3.63. The third-order valence-corrected chi connectivity index (χ3v) is 4.80. The summed E-state index contributed by atoms with van der Waals surface area (Å²) in [6.45, 7) is 3.48. The molecule has 5 rings (SSSR count). The van der Waals surface area contributed by atoms with E-state index >= 15 is 0 Å². The molecule has 0 spiro atoms. The van der Waals surface area contributed by atoms with E-state index in [-0.39, 0.29) is 0 Å². The molecule has 0 amide bonds. The molecule has 3 aromatic rings. The largest absolute Gasteiger partial charge is 0.456 e. The first-order valence-electron chi connectivity index (χ1n) is 9.25. The van der Waals surface area contributed by atoms with E-state index in [2.05, 4.69) is 57.0 Å². The van der Waals surface area contributed by atoms with Crippen molar-refractivity contribution in [2.75, 3.05) is 26.2 Å². The molecule has 3 heterocycles. The average Bonchev–Trinajstić information content (AvgIpc) is 3.51. The van der Waals surface area contributed by atoms with Crippen molar-refractivity contribution >= 4 is 11.7 Å². The zero-order chi connectivity index (χ0) is 18.1. The highest BCUT2D eigenvalue weighted by atomic mass is 16.3. The van der Waals surface area contributed by atoms with Crippen LogP contribution in [0.2, 0.25) is 0 Å². The number of amidine groups is 2. The van der Waals surface area contributed by atoms with Gasteiger partial charge >= 0.3 is 0 Å². The van der Waals surface area contributed by atoms with Crippen molar-refractivity contribution < 1.29 is 4.42 Å². The van der Waals surface area contributed by atoms with Gasteiger partial charge in [0.1, 0.15) is 23.2 Å². The number of nitrogens with zero attached hydrogens (tertiary/aromatic N) is 2. The first-order valence-corrected chi connectivity index (χ1v) is 9.25. The standard InChI is InChI=1S/C22H20N4O/c1-3-15(13-17(5-1)21-23-9-10-24-21)19-7-8-20(27-19)16-4-2-6-18(14-16)22-25-11-12-26-22/h1-8,13-14H,9-12H2,(H,23,24)(H,25,26). The first-order chi connectivity index (χ1) is 13.4. The van der Waals surface area contributed by atoms with Crippen molar-refractivity contribution in [1.29, 1.82) is 0 Å². The number of furan rings is 1. The molecular weight excluding hydrogens is 336 g/mol. The van der Waals surface area contributed by atoms with E-state index in [0.717, 1.165) is 71.6 Å². The van der Waals surface area contributed by atoms with Crippen LogP contribution >= 0.6 is 0 Å². The van der Waals surface area contributed by atoms with Gasteiger partial charge in [-0.15, -0.1) is 0 Å². The van der Waals surface area contributed by atoms with Gasteiger partial charge in [0.05, 0.1) is 13.1 Å². The second kappa shape index (κ2) is 6.76. The van der Waals surface area contributed by atoms with Crippen molar-refractivity contribution in [2.24, 2.45) is 9.98 Å². The molecule has 5 heteroatoms. The van der Waals surface area contributed by atoms with Crippen molar-refractivity contribution in [1.82, 2.24) is 10.6 Å². The van der Waals surface area contributed by atoms with Gasteiger partial charge in [-0.1, -0.05) is 36.4 Å². The zero-order valence-corrected chi connectivity index (χ0v) is 14.9. The second-order valence-corrected chi connectivity index (χ2v) is 6.64. The van der Waals surface area contributed by atoms with Gasteiger partial charge in [0, 0.05) is 35.3 Å². The van der Waals surface area contributed by atoms with Crippen LogP contribution in [0.3, 0.4) is 0 Å². The molecule has 134 valence electrons. The molecule has 2 aliphatic rings. The van der Waals surface area contributed by atoms with E-state index in [4.69, 9.17) is 4.42 Å². The summed E-state index contributed by atoms with van der Waals surface area (Å²) in [6, 6.07) is 20.6. The van der Waals surface area contributed by atoms with Gasteiger partial charge in [0.25, 0.3) is 0 Å². The molecular formula is C22H20N4O. The fraction of sp³-hybridized carbons (Fsp3) is 0.182. The lowest BCUT2D eigenvalue weighted by molar-refractivity contribution is 0.597. The lowest BCUT2D eigenvalue weighted by Gasteiger charge is -2.05. The van der Waals surface area contributed by atoms with Crippen LogP contribution in [0, 0.1) is 0 Å². The Labute approximate surface area is 157 Å². The first kappa shape index (κ1) is 15.9. The molecule has 27 heavy (non-hydrogen) atoms. The number of hydrogen-bond acceptors (Lipinski definition) is 5. The SMILES string of the molecule is c1cc(C2=NCCN2)cc(-c2ccc(-c3cccc(C4=NCCN4)c3)o2)c1. The van der Waals surface area contributed by atoms with Crippen molar-refractivity contribution in [2.45, 2.75) is 0 Å². The van der Waals surface area contributed by atoms with Gasteiger partial charge in [-0.3, -0.25) is 9.98 Å². The number of aliphatic imine (C=N–C) groups is 2. The van der Waals surface area contributed by atoms with Crippen molar-refractivity contribution in [3.8, 4) is 22.6 Å². The van der Waals surface area contributed by atoms with Gasteiger partial charge in [0.15, 0.2) is 0 Å². The Balaban J connectivity index is 1.45. The summed E-state index contributed by atoms with van der Waals surface area (Å²) in [7, 11) is 0. The van der Waals surface area contributed by atoms with Crippen LogP contribution in [0.25, 0.3) is 22.6 Å². The van der Waals surface area contributed by atoms with Crippen LogP contribution in [-0.4, -0.2) is 37.9 Å². The Morgan fingerprint density at radius 3 is 1.56 bits per heavy atom. The van der Waals surface area contributed by atoms with E-state index in [1.165, 1.54) is 0 Å². The molecule has 0 fully saturated rings. The Morgan fingerprint density at radius 1 is 0.630 bits per heavy atom. The summed E-state index contributed by atoms with van der Waals surface area (Å²) >= 11 is 0. The van der Waals surface area contributed by atoms with Gasteiger partial charge in [-0.2, -0.15) is 0 Å². The monoisotopic (exact) mass is 356 g/mol. The van der Waals surface area contributed by atoms with E-state index < -0.39 is 0 Å². The quantitative estimate of drug-likeness (QED) is 0.754. The van der Waals surface area contributed by atoms with E-state index in [1.54, 1.807) is 0 Å². The van der Waals surface area contributed by atoms with Crippen molar-refractivity contribution in [3.05, 3.63) is 71.8 Å². The molecule has 1 aromatic heterocycles. The van der Waals surface area contributed by atoms with Crippen LogP contribution in [0.5, 0.6) is 0 Å². The minimum absolute atomic E-state index is 0.834. The second-order valence-electron chi connectivity index (χ2n) is 6.64. The molecule has 0 radical (unpaired) electrons. The van der Waals surface area contributed by atoms with Crippen LogP contribution in [0.4, 0.5) is 0 Å². The predicted molar refractivity (Wildman–Crippen MR) is 108 cm³/mol. The maximum atomic E-state index is 6.17. The molecule has 2 N–H and O–H groups in total. The van der Waals surface area contributed by atoms with Crippen LogP contribution in [0.15, 0.2) is 75.1 Å². The fourth-order valence-electron chi connectivity index (χ4n) is 3.47. The summed E-state index contributed by atoms with van der Waals surface area (Å²) in [5.41, 5.74) is 4.28. The molecule has 2 aromatic carbocycles. The molecule has 5 nitrogen and oxygen atoms in total. The number of nitrogens with one attached hydrogen (secondary N) is 2. The molecule has 0 aliphatic carbocycles. The van der Waals surface area contributed by atoms with Gasteiger partial charge < -0.3 is 15.1 Å². The fourth-order valence-corrected chi connectivity index (χ4v) is 3.47. The van der Waals surface area contributed by atoms with E-state index in [9.17, 15) is 0 Å². The number of benzene rings is 2. The molecule has 2 aliphatic heterocycles. The summed E-state index contributed by atoms with van der Waals surface area (Å²) < 4.78 is 6.17. The third kappa shape index (κ3) is 3.12. The Bertz CT molecular complexity index is 966. The summed E-state index contributed by atoms with van der Waals surface area (Å²) in [6.07, 6.45) is 0. The maximum absolute atomic E-state index is 6.17. The van der Waals surface area contributed by atoms with E-state index in [1.807, 2.05) is 24.3 Å².